The number of hydrogen-bond donors (Lipinski definition) is 1. The summed E-state index contributed by atoms with van der Waals surface area (Å²) in [5.41, 5.74) is 0.712. The molecule has 0 aliphatic carbocycles. The molecule has 1 saturated heterocycles. The number of ether oxygens (including phenoxy) is 1. The second-order valence-corrected chi connectivity index (χ2v) is 6.98. The van der Waals surface area contributed by atoms with Crippen LogP contribution in [0.4, 0.5) is 5.69 Å². The van der Waals surface area contributed by atoms with E-state index in [1.165, 1.54) is 13.8 Å². The van der Waals surface area contributed by atoms with Gasteiger partial charge in [0.2, 0.25) is 5.91 Å². The summed E-state index contributed by atoms with van der Waals surface area (Å²) in [5, 5.41) is 2.79. The average molecular weight is 370 g/mol. The monoisotopic (exact) mass is 370 g/mol. The van der Waals surface area contributed by atoms with E-state index in [-0.39, 0.29) is 11.7 Å². The number of carbonyl (C=O) groups excluding carboxylic acids is 4. The molecule has 1 fully saturated rings. The summed E-state index contributed by atoms with van der Waals surface area (Å²) in [6.07, 6.45) is 0.781. The largest absolute Gasteiger partial charge is 0.450 e. The van der Waals surface area contributed by atoms with Crippen LogP contribution in [0.2, 0.25) is 0 Å². The van der Waals surface area contributed by atoms with E-state index in [0.717, 1.165) is 0 Å². The quantitative estimate of drug-likeness (QED) is 0.650. The number of Topliss-reactive ketones (excluding diaryl/α,β-unsaturated/α-hetero) is 1. The van der Waals surface area contributed by atoms with Crippen molar-refractivity contribution in [3.05, 3.63) is 41.0 Å². The fourth-order valence-electron chi connectivity index (χ4n) is 3.64. The molecule has 0 saturated carbocycles. The zero-order valence-electron chi connectivity index (χ0n) is 15.6. The Hall–Kier alpha value is -2.96. The number of carbonyl (C=O) groups is 4. The molecule has 1 spiro atoms. The molecule has 2 aliphatic heterocycles. The first kappa shape index (κ1) is 18.8. The summed E-state index contributed by atoms with van der Waals surface area (Å²) < 4.78 is 5.60. The molecule has 0 unspecified atom stereocenters. The van der Waals surface area contributed by atoms with Crippen molar-refractivity contribution in [2.45, 2.75) is 39.2 Å². The molecule has 3 rings (SSSR count). The highest BCUT2D eigenvalue weighted by Crippen LogP contribution is 2.41. The standard InChI is InChI=1S/C20H22N2O5/c1-12-17(18(25)21-16-6-4-15(5-7-16)13(2)23)20(27-19(12)26)8-10-22(11-9-20)14(3)24/h4-7H,8-11H2,1-3H3,(H,21,25). The van der Waals surface area contributed by atoms with Crippen molar-refractivity contribution >= 4 is 29.3 Å². The zero-order valence-corrected chi connectivity index (χ0v) is 15.6. The Morgan fingerprint density at radius 3 is 2.19 bits per heavy atom. The maximum atomic E-state index is 12.9. The van der Waals surface area contributed by atoms with Crippen LogP contribution in [0.1, 0.15) is 44.0 Å². The molecule has 1 aromatic rings. The Bertz CT molecular complexity index is 846. The first-order valence-electron chi connectivity index (χ1n) is 8.86. The molecule has 0 bridgehead atoms. The highest BCUT2D eigenvalue weighted by molar-refractivity contribution is 6.12. The second kappa shape index (κ2) is 6.98. The minimum absolute atomic E-state index is 0.0357. The van der Waals surface area contributed by atoms with Gasteiger partial charge < -0.3 is 15.0 Å². The first-order chi connectivity index (χ1) is 12.7. The van der Waals surface area contributed by atoms with Crippen molar-refractivity contribution in [2.24, 2.45) is 0 Å². The molecule has 27 heavy (non-hydrogen) atoms. The molecule has 1 aromatic carbocycles. The molecule has 7 heteroatoms. The van der Waals surface area contributed by atoms with E-state index in [0.29, 0.717) is 48.3 Å². The number of benzene rings is 1. The summed E-state index contributed by atoms with van der Waals surface area (Å²) in [6.45, 7) is 5.42. The Kier molecular flexibility index (Phi) is 4.87. The number of nitrogens with one attached hydrogen (secondary N) is 1. The minimum Gasteiger partial charge on any atom is -0.450 e. The van der Waals surface area contributed by atoms with Gasteiger partial charge in [0.1, 0.15) is 5.60 Å². The van der Waals surface area contributed by atoms with Crippen LogP contribution in [0.3, 0.4) is 0 Å². The first-order valence-corrected chi connectivity index (χ1v) is 8.86. The van der Waals surface area contributed by atoms with Crippen molar-refractivity contribution in [2.75, 3.05) is 18.4 Å². The molecule has 2 aliphatic rings. The molecular formula is C20H22N2O5. The average Bonchev–Trinajstić information content (AvgIpc) is 2.85. The molecule has 0 atom stereocenters. The molecule has 142 valence electrons. The van der Waals surface area contributed by atoms with Crippen molar-refractivity contribution in [1.82, 2.24) is 4.90 Å². The Morgan fingerprint density at radius 2 is 1.67 bits per heavy atom. The molecule has 2 heterocycles. The van der Waals surface area contributed by atoms with Gasteiger partial charge >= 0.3 is 5.97 Å². The number of piperidine rings is 1. The van der Waals surface area contributed by atoms with Gasteiger partial charge in [-0.2, -0.15) is 0 Å². The maximum absolute atomic E-state index is 12.9. The van der Waals surface area contributed by atoms with Crippen LogP contribution < -0.4 is 5.32 Å². The Balaban J connectivity index is 1.82. The van der Waals surface area contributed by atoms with Crippen LogP contribution in [-0.2, 0) is 19.1 Å². The lowest BCUT2D eigenvalue weighted by Crippen LogP contribution is -2.49. The van der Waals surface area contributed by atoms with Crippen molar-refractivity contribution in [3.8, 4) is 0 Å². The lowest BCUT2D eigenvalue weighted by molar-refractivity contribution is -0.152. The number of rotatable bonds is 3. The van der Waals surface area contributed by atoms with Gasteiger partial charge in [-0.3, -0.25) is 14.4 Å². The minimum atomic E-state index is -0.990. The van der Waals surface area contributed by atoms with Crippen LogP contribution in [0.15, 0.2) is 35.4 Å². The normalized spacial score (nSPS) is 18.5. The summed E-state index contributed by atoms with van der Waals surface area (Å²) in [5.74, 6) is -0.989. The third-order valence-corrected chi connectivity index (χ3v) is 5.22. The van der Waals surface area contributed by atoms with E-state index in [1.54, 1.807) is 36.1 Å². The van der Waals surface area contributed by atoms with E-state index >= 15 is 0 Å². The van der Waals surface area contributed by atoms with Crippen molar-refractivity contribution in [3.63, 3.8) is 0 Å². The number of nitrogens with zero attached hydrogens (tertiary/aromatic N) is 1. The third kappa shape index (κ3) is 3.49. The second-order valence-electron chi connectivity index (χ2n) is 6.98. The molecule has 1 N–H and O–H groups in total. The maximum Gasteiger partial charge on any atom is 0.335 e. The molecule has 0 radical (unpaired) electrons. The van der Waals surface area contributed by atoms with Gasteiger partial charge in [0.15, 0.2) is 5.78 Å². The van der Waals surface area contributed by atoms with Crippen LogP contribution in [0.5, 0.6) is 0 Å². The number of esters is 1. The Morgan fingerprint density at radius 1 is 1.07 bits per heavy atom. The molecular weight excluding hydrogens is 348 g/mol. The van der Waals surface area contributed by atoms with Gasteiger partial charge in [-0.15, -0.1) is 0 Å². The predicted molar refractivity (Wildman–Crippen MR) is 98.1 cm³/mol. The smallest absolute Gasteiger partial charge is 0.335 e. The number of ketones is 1. The van der Waals surface area contributed by atoms with Gasteiger partial charge in [0.25, 0.3) is 5.91 Å². The fourth-order valence-corrected chi connectivity index (χ4v) is 3.64. The van der Waals surface area contributed by atoms with Gasteiger partial charge in [-0.05, 0) is 38.1 Å². The van der Waals surface area contributed by atoms with E-state index in [9.17, 15) is 19.2 Å². The van der Waals surface area contributed by atoms with Crippen LogP contribution in [0, 0.1) is 0 Å². The van der Waals surface area contributed by atoms with Crippen LogP contribution in [0.25, 0.3) is 0 Å². The highest BCUT2D eigenvalue weighted by atomic mass is 16.6. The van der Waals surface area contributed by atoms with E-state index in [2.05, 4.69) is 5.32 Å². The van der Waals surface area contributed by atoms with Gasteiger partial charge in [-0.25, -0.2) is 4.79 Å². The number of anilines is 1. The van der Waals surface area contributed by atoms with Gasteiger partial charge in [0.05, 0.1) is 5.57 Å². The molecule has 2 amide bonds. The summed E-state index contributed by atoms with van der Waals surface area (Å²) in [4.78, 5) is 49.7. The van der Waals surface area contributed by atoms with Crippen molar-refractivity contribution in [1.29, 1.82) is 0 Å². The SMILES string of the molecule is CC(=O)c1ccc(NC(=O)C2=C(C)C(=O)OC23CCN(C(C)=O)CC3)cc1. The fraction of sp³-hybridized carbons (Fsp3) is 0.400. The number of amides is 2. The van der Waals surface area contributed by atoms with Crippen LogP contribution in [-0.4, -0.2) is 47.2 Å². The van der Waals surface area contributed by atoms with Gasteiger partial charge in [-0.1, -0.05) is 0 Å². The molecule has 7 nitrogen and oxygen atoms in total. The number of hydrogen-bond acceptors (Lipinski definition) is 5. The zero-order chi connectivity index (χ0) is 19.8. The Labute approximate surface area is 157 Å². The lowest BCUT2D eigenvalue weighted by atomic mass is 9.82. The summed E-state index contributed by atoms with van der Waals surface area (Å²) in [7, 11) is 0. The summed E-state index contributed by atoms with van der Waals surface area (Å²) in [6, 6.07) is 6.56. The van der Waals surface area contributed by atoms with E-state index in [1.807, 2.05) is 0 Å². The van der Waals surface area contributed by atoms with E-state index < -0.39 is 17.5 Å². The topological polar surface area (TPSA) is 92.8 Å². The van der Waals surface area contributed by atoms with Crippen LogP contribution >= 0.6 is 0 Å². The predicted octanol–water partition coefficient (Wildman–Crippen LogP) is 2.08. The van der Waals surface area contributed by atoms with Crippen molar-refractivity contribution < 1.29 is 23.9 Å². The van der Waals surface area contributed by atoms with Gasteiger partial charge in [0, 0.05) is 49.7 Å². The third-order valence-electron chi connectivity index (χ3n) is 5.22. The lowest BCUT2D eigenvalue weighted by Gasteiger charge is -2.39. The van der Waals surface area contributed by atoms with E-state index in [4.69, 9.17) is 4.74 Å². The number of likely N-dealkylation sites (tertiary alicyclic amines) is 1. The molecule has 0 aromatic heterocycles. The summed E-state index contributed by atoms with van der Waals surface area (Å²) >= 11 is 0. The highest BCUT2D eigenvalue weighted by Gasteiger charge is 2.51.